The van der Waals surface area contributed by atoms with E-state index in [4.69, 9.17) is 9.84 Å². The minimum atomic E-state index is -0.825. The number of ether oxygens (including phenoxy) is 1. The van der Waals surface area contributed by atoms with Gasteiger partial charge in [0.2, 0.25) is 5.91 Å². The fraction of sp³-hybridized carbons (Fsp3) is 0.846. The molecule has 3 unspecified atom stereocenters. The average molecular weight is 270 g/mol. The molecule has 3 atom stereocenters. The van der Waals surface area contributed by atoms with Crippen molar-refractivity contribution in [3.8, 4) is 0 Å². The Kier molecular flexibility index (Phi) is 4.42. The predicted octanol–water partition coefficient (Wildman–Crippen LogP) is 0.171. The van der Waals surface area contributed by atoms with Gasteiger partial charge in [0.1, 0.15) is 6.04 Å². The summed E-state index contributed by atoms with van der Waals surface area (Å²) in [5, 5.41) is 9.10. The highest BCUT2D eigenvalue weighted by atomic mass is 16.5. The zero-order valence-electron chi connectivity index (χ0n) is 11.5. The van der Waals surface area contributed by atoms with E-state index >= 15 is 0 Å². The molecule has 2 aliphatic heterocycles. The van der Waals surface area contributed by atoms with Crippen LogP contribution >= 0.6 is 0 Å². The number of likely N-dealkylation sites (tertiary alicyclic amines) is 1. The first kappa shape index (κ1) is 14.3. The molecule has 0 saturated carbocycles. The van der Waals surface area contributed by atoms with Gasteiger partial charge in [-0.05, 0) is 33.2 Å². The van der Waals surface area contributed by atoms with E-state index in [1.807, 2.05) is 13.8 Å². The Morgan fingerprint density at radius 1 is 1.26 bits per heavy atom. The van der Waals surface area contributed by atoms with Gasteiger partial charge in [0.05, 0.1) is 18.8 Å². The molecule has 6 nitrogen and oxygen atoms in total. The molecule has 0 aromatic rings. The molecule has 2 fully saturated rings. The number of hydrogen-bond acceptors (Lipinski definition) is 4. The average Bonchev–Trinajstić information content (AvgIpc) is 2.75. The van der Waals surface area contributed by atoms with Crippen molar-refractivity contribution >= 4 is 11.9 Å². The molecule has 1 N–H and O–H groups in total. The maximum absolute atomic E-state index is 12.2. The maximum Gasteiger partial charge on any atom is 0.320 e. The third-order valence-electron chi connectivity index (χ3n) is 3.76. The van der Waals surface area contributed by atoms with Crippen LogP contribution in [0.25, 0.3) is 0 Å². The molecular weight excluding hydrogens is 248 g/mol. The molecule has 6 heteroatoms. The molecule has 0 aromatic heterocycles. The number of carboxylic acid groups (broad SMARTS) is 1. The molecule has 2 aliphatic rings. The van der Waals surface area contributed by atoms with Crippen molar-refractivity contribution in [1.82, 2.24) is 9.80 Å². The van der Waals surface area contributed by atoms with Gasteiger partial charge in [-0.25, -0.2) is 0 Å². The van der Waals surface area contributed by atoms with Crippen LogP contribution in [-0.2, 0) is 14.3 Å². The van der Waals surface area contributed by atoms with Crippen LogP contribution in [-0.4, -0.2) is 71.2 Å². The zero-order chi connectivity index (χ0) is 14.0. The van der Waals surface area contributed by atoms with Gasteiger partial charge in [-0.1, -0.05) is 0 Å². The Morgan fingerprint density at radius 2 is 1.89 bits per heavy atom. The van der Waals surface area contributed by atoms with Crippen molar-refractivity contribution < 1.29 is 19.4 Å². The van der Waals surface area contributed by atoms with Crippen molar-refractivity contribution in [2.24, 2.45) is 0 Å². The quantitative estimate of drug-likeness (QED) is 0.791. The van der Waals surface area contributed by atoms with Crippen molar-refractivity contribution in [2.45, 2.75) is 44.9 Å². The van der Waals surface area contributed by atoms with Crippen LogP contribution < -0.4 is 0 Å². The molecule has 2 rings (SSSR count). The highest BCUT2D eigenvalue weighted by Gasteiger charge is 2.34. The van der Waals surface area contributed by atoms with E-state index < -0.39 is 12.0 Å². The van der Waals surface area contributed by atoms with Crippen molar-refractivity contribution in [3.63, 3.8) is 0 Å². The van der Waals surface area contributed by atoms with Gasteiger partial charge in [0, 0.05) is 13.1 Å². The van der Waals surface area contributed by atoms with Gasteiger partial charge in [-0.15, -0.1) is 0 Å². The van der Waals surface area contributed by atoms with Gasteiger partial charge < -0.3 is 14.7 Å². The van der Waals surface area contributed by atoms with Crippen LogP contribution in [0.5, 0.6) is 0 Å². The largest absolute Gasteiger partial charge is 0.480 e. The summed E-state index contributed by atoms with van der Waals surface area (Å²) in [5.74, 6) is -0.816. The van der Waals surface area contributed by atoms with E-state index in [-0.39, 0.29) is 24.7 Å². The smallest absolute Gasteiger partial charge is 0.320 e. The summed E-state index contributed by atoms with van der Waals surface area (Å²) in [5.41, 5.74) is 0. The van der Waals surface area contributed by atoms with Crippen LogP contribution in [0.3, 0.4) is 0 Å². The summed E-state index contributed by atoms with van der Waals surface area (Å²) in [6, 6.07) is -0.500. The summed E-state index contributed by atoms with van der Waals surface area (Å²) in [4.78, 5) is 26.9. The van der Waals surface area contributed by atoms with Crippen molar-refractivity contribution in [2.75, 3.05) is 26.2 Å². The van der Waals surface area contributed by atoms with E-state index in [0.29, 0.717) is 26.1 Å². The topological polar surface area (TPSA) is 70.1 Å². The molecule has 0 radical (unpaired) electrons. The molecule has 0 aliphatic carbocycles. The summed E-state index contributed by atoms with van der Waals surface area (Å²) < 4.78 is 5.59. The Hall–Kier alpha value is -1.14. The number of rotatable bonds is 3. The Balaban J connectivity index is 1.91. The Labute approximate surface area is 113 Å². The second-order valence-corrected chi connectivity index (χ2v) is 5.52. The maximum atomic E-state index is 12.2. The molecule has 108 valence electrons. The number of carboxylic acids is 1. The van der Waals surface area contributed by atoms with E-state index in [1.165, 1.54) is 0 Å². The van der Waals surface area contributed by atoms with Crippen LogP contribution in [0.1, 0.15) is 26.7 Å². The molecule has 0 aromatic carbocycles. The lowest BCUT2D eigenvalue weighted by atomic mass is 10.2. The second kappa shape index (κ2) is 5.88. The first-order chi connectivity index (χ1) is 8.97. The highest BCUT2D eigenvalue weighted by molar-refractivity contribution is 5.80. The van der Waals surface area contributed by atoms with Gasteiger partial charge in [0.25, 0.3) is 0 Å². The van der Waals surface area contributed by atoms with E-state index in [9.17, 15) is 9.59 Å². The van der Waals surface area contributed by atoms with E-state index in [1.54, 1.807) is 9.80 Å². The van der Waals surface area contributed by atoms with Crippen LogP contribution in [0.4, 0.5) is 0 Å². The minimum absolute atomic E-state index is 0.00940. The van der Waals surface area contributed by atoms with Gasteiger partial charge >= 0.3 is 5.97 Å². The molecular formula is C13H22N2O4. The first-order valence-corrected chi connectivity index (χ1v) is 6.87. The third-order valence-corrected chi connectivity index (χ3v) is 3.76. The normalized spacial score (nSPS) is 32.5. The lowest BCUT2D eigenvalue weighted by molar-refractivity contribution is -0.147. The molecule has 0 bridgehead atoms. The molecule has 0 spiro atoms. The number of carbonyl (C=O) groups excluding carboxylic acids is 1. The lowest BCUT2D eigenvalue weighted by Crippen LogP contribution is -2.52. The number of morpholine rings is 1. The van der Waals surface area contributed by atoms with Crippen LogP contribution in [0, 0.1) is 0 Å². The standard InChI is InChI=1S/C13H22N2O4/c1-9-6-15(7-10(2)19-9)12(16)8-14-5-3-4-11(14)13(17)18/h9-11H,3-8H2,1-2H3,(H,17,18). The van der Waals surface area contributed by atoms with Gasteiger partial charge in [-0.3, -0.25) is 14.5 Å². The number of aliphatic carboxylic acids is 1. The molecule has 1 amide bonds. The number of nitrogens with zero attached hydrogens (tertiary/aromatic N) is 2. The monoisotopic (exact) mass is 270 g/mol. The molecule has 2 saturated heterocycles. The van der Waals surface area contributed by atoms with E-state index in [2.05, 4.69) is 0 Å². The zero-order valence-corrected chi connectivity index (χ0v) is 11.5. The number of hydrogen-bond donors (Lipinski definition) is 1. The lowest BCUT2D eigenvalue weighted by Gasteiger charge is -2.36. The number of carbonyl (C=O) groups is 2. The predicted molar refractivity (Wildman–Crippen MR) is 68.8 cm³/mol. The minimum Gasteiger partial charge on any atom is -0.480 e. The van der Waals surface area contributed by atoms with Gasteiger partial charge in [0.15, 0.2) is 0 Å². The second-order valence-electron chi connectivity index (χ2n) is 5.52. The van der Waals surface area contributed by atoms with Crippen LogP contribution in [0.15, 0.2) is 0 Å². The Morgan fingerprint density at radius 3 is 2.47 bits per heavy atom. The third kappa shape index (κ3) is 3.45. The highest BCUT2D eigenvalue weighted by Crippen LogP contribution is 2.18. The van der Waals surface area contributed by atoms with Gasteiger partial charge in [-0.2, -0.15) is 0 Å². The summed E-state index contributed by atoms with van der Waals surface area (Å²) >= 11 is 0. The van der Waals surface area contributed by atoms with E-state index in [0.717, 1.165) is 6.42 Å². The fourth-order valence-electron chi connectivity index (χ4n) is 2.95. The summed E-state index contributed by atoms with van der Waals surface area (Å²) in [7, 11) is 0. The number of amides is 1. The summed E-state index contributed by atoms with van der Waals surface area (Å²) in [6.45, 7) is 5.98. The van der Waals surface area contributed by atoms with Crippen molar-refractivity contribution in [3.05, 3.63) is 0 Å². The first-order valence-electron chi connectivity index (χ1n) is 6.87. The summed E-state index contributed by atoms with van der Waals surface area (Å²) in [6.07, 6.45) is 1.57. The fourth-order valence-corrected chi connectivity index (χ4v) is 2.95. The molecule has 19 heavy (non-hydrogen) atoms. The molecule has 2 heterocycles. The van der Waals surface area contributed by atoms with Crippen molar-refractivity contribution in [1.29, 1.82) is 0 Å². The SMILES string of the molecule is CC1CN(C(=O)CN2CCCC2C(=O)O)CC(C)O1. The Bertz CT molecular complexity index is 351. The van der Waals surface area contributed by atoms with Crippen LogP contribution in [0.2, 0.25) is 0 Å².